The fraction of sp³-hybridized carbons (Fsp3) is 0.395. The number of β-lactam (4-membered cyclic amide) rings is 1. The average Bonchev–Trinajstić information content (AvgIpc) is 3.75. The molecule has 3 aromatic carbocycles. The summed E-state index contributed by atoms with van der Waals surface area (Å²) >= 11 is 6.57. The third kappa shape index (κ3) is 6.34. The normalized spacial score (nSPS) is 24.7. The topological polar surface area (TPSA) is 147 Å². The molecule has 0 bridgehead atoms. The van der Waals surface area contributed by atoms with Crippen molar-refractivity contribution in [2.24, 2.45) is 5.92 Å². The molecule has 2 amide bonds. The number of hydrogen-bond donors (Lipinski definition) is 2. The van der Waals surface area contributed by atoms with E-state index in [2.05, 4.69) is 10.3 Å². The van der Waals surface area contributed by atoms with E-state index < -0.39 is 32.2 Å². The van der Waals surface area contributed by atoms with Crippen LogP contribution in [-0.2, 0) is 42.5 Å². The highest BCUT2D eigenvalue weighted by atomic mass is 35.5. The Hall–Kier alpha value is -4.40. The van der Waals surface area contributed by atoms with Gasteiger partial charge in [0, 0.05) is 47.4 Å². The van der Waals surface area contributed by atoms with Gasteiger partial charge in [0.1, 0.15) is 0 Å². The van der Waals surface area contributed by atoms with Crippen molar-refractivity contribution in [1.82, 2.24) is 15.0 Å². The van der Waals surface area contributed by atoms with Crippen LogP contribution in [0.15, 0.2) is 79.0 Å². The van der Waals surface area contributed by atoms with Gasteiger partial charge in [-0.1, -0.05) is 66.2 Å². The molecular weight excluding hydrogens is 702 g/mol. The van der Waals surface area contributed by atoms with Crippen molar-refractivity contribution in [3.63, 3.8) is 0 Å². The van der Waals surface area contributed by atoms with Crippen LogP contribution >= 0.6 is 11.6 Å². The first-order valence-corrected chi connectivity index (χ1v) is 20.9. The molecule has 2 fully saturated rings. The van der Waals surface area contributed by atoms with Crippen LogP contribution in [0.2, 0.25) is 23.7 Å². The van der Waals surface area contributed by atoms with E-state index in [9.17, 15) is 24.3 Å². The lowest BCUT2D eigenvalue weighted by Crippen LogP contribution is -2.54. The Balaban J connectivity index is 1.14. The zero-order valence-corrected chi connectivity index (χ0v) is 31.2. The first-order chi connectivity index (χ1) is 24.8. The van der Waals surface area contributed by atoms with E-state index in [0.29, 0.717) is 40.6 Å². The van der Waals surface area contributed by atoms with Crippen molar-refractivity contribution in [2.45, 2.75) is 82.3 Å². The highest BCUT2D eigenvalue weighted by Gasteiger charge is 2.66. The van der Waals surface area contributed by atoms with Crippen LogP contribution in [0.5, 0.6) is 0 Å². The second-order valence-corrected chi connectivity index (χ2v) is 18.9. The van der Waals surface area contributed by atoms with Crippen molar-refractivity contribution >= 4 is 49.1 Å². The van der Waals surface area contributed by atoms with Crippen LogP contribution in [0.1, 0.15) is 55.0 Å². The highest BCUT2D eigenvalue weighted by molar-refractivity contribution is 6.71. The summed E-state index contributed by atoms with van der Waals surface area (Å²) < 4.78 is 13.9. The summed E-state index contributed by atoms with van der Waals surface area (Å²) in [4.78, 5) is 53.5. The van der Waals surface area contributed by atoms with Crippen LogP contribution in [0, 0.1) is 5.92 Å². The van der Waals surface area contributed by atoms with Gasteiger partial charge in [0.05, 0.1) is 43.0 Å². The molecule has 0 radical (unpaired) electrons. The fourth-order valence-electron chi connectivity index (χ4n) is 8.30. The van der Waals surface area contributed by atoms with Crippen molar-refractivity contribution in [3.05, 3.63) is 106 Å². The predicted octanol–water partition coefficient (Wildman–Crippen LogP) is 5.12. The molecule has 2 saturated heterocycles. The van der Waals surface area contributed by atoms with Crippen LogP contribution < -0.4 is 9.80 Å². The fourth-order valence-corrected chi connectivity index (χ4v) is 11.1. The van der Waals surface area contributed by atoms with Crippen LogP contribution in [0.3, 0.4) is 0 Å². The van der Waals surface area contributed by atoms with Gasteiger partial charge in [-0.25, -0.2) is 0 Å². The molecule has 3 aliphatic rings. The molecule has 6 atom stereocenters. The smallest absolute Gasteiger partial charge is 0.304 e. The molecule has 14 heteroatoms. The molecule has 3 aliphatic heterocycles. The van der Waals surface area contributed by atoms with Gasteiger partial charge in [-0.2, -0.15) is 0 Å². The summed E-state index contributed by atoms with van der Waals surface area (Å²) in [6.45, 7) is 7.62. The number of fused-ring (bicyclic) bond motifs is 2. The number of aromatic nitrogens is 3. The van der Waals surface area contributed by atoms with E-state index in [1.807, 2.05) is 74.7 Å². The number of aliphatic hydroxyl groups excluding tert-OH is 1. The number of aliphatic hydroxyl groups is 1. The molecule has 12 nitrogen and oxygen atoms in total. The van der Waals surface area contributed by atoms with Gasteiger partial charge in [0.15, 0.2) is 20.1 Å². The van der Waals surface area contributed by atoms with E-state index in [1.165, 1.54) is 11.8 Å². The Morgan fingerprint density at radius 3 is 2.50 bits per heavy atom. The van der Waals surface area contributed by atoms with Gasteiger partial charge < -0.3 is 24.3 Å². The summed E-state index contributed by atoms with van der Waals surface area (Å²) in [5, 5.41) is 19.3. The van der Waals surface area contributed by atoms with Gasteiger partial charge >= 0.3 is 5.97 Å². The zero-order chi connectivity index (χ0) is 36.9. The minimum absolute atomic E-state index is 0.111. The molecule has 1 spiro atoms. The summed E-state index contributed by atoms with van der Waals surface area (Å²) in [6.07, 6.45) is 1.34. The lowest BCUT2D eigenvalue weighted by atomic mass is 9.82. The molecule has 1 aromatic heterocycles. The standard InChI is InChI=1S/C38H42ClN5O7Si/c1-23-36(52(3,4)49)33(16-17-42-21-31(40-41-42)29(22-45)26-8-6-5-7-9-26)51-38(23)30-18-27(39)12-15-32(30)43(37(38)48)20-25-10-13-28(14-11-25)44-34(47)19-35(44)50-24(2)46/h5-15,18,21,23,29,33,35-36,45,49H,16-17,19-20,22H2,1-4H3/t23-,29?,33+,35?,36-,38+/m0/s1. The molecule has 272 valence electrons. The van der Waals surface area contributed by atoms with E-state index in [-0.39, 0.29) is 48.8 Å². The second kappa shape index (κ2) is 13.9. The predicted molar refractivity (Wildman–Crippen MR) is 196 cm³/mol. The van der Waals surface area contributed by atoms with E-state index in [1.54, 1.807) is 33.8 Å². The van der Waals surface area contributed by atoms with Gasteiger partial charge in [-0.15, -0.1) is 5.10 Å². The molecule has 4 aromatic rings. The van der Waals surface area contributed by atoms with Crippen LogP contribution in [0.4, 0.5) is 11.4 Å². The number of carbonyl (C=O) groups is 3. The first kappa shape index (κ1) is 36.0. The number of amides is 2. The molecule has 0 aliphatic carbocycles. The molecule has 2 N–H and O–H groups in total. The van der Waals surface area contributed by atoms with Crippen molar-refractivity contribution in [2.75, 3.05) is 16.4 Å². The number of nitrogens with zero attached hydrogens (tertiary/aromatic N) is 5. The van der Waals surface area contributed by atoms with Crippen molar-refractivity contribution < 1.29 is 33.8 Å². The Morgan fingerprint density at radius 1 is 1.12 bits per heavy atom. The number of anilines is 2. The number of esters is 1. The summed E-state index contributed by atoms with van der Waals surface area (Å²) in [7, 11) is -2.91. The molecule has 52 heavy (non-hydrogen) atoms. The molecular formula is C38H42ClN5O7Si. The molecule has 7 rings (SSSR count). The Labute approximate surface area is 308 Å². The summed E-state index contributed by atoms with van der Waals surface area (Å²) in [5.74, 6) is -1.51. The van der Waals surface area contributed by atoms with Gasteiger partial charge in [0.25, 0.3) is 5.91 Å². The maximum absolute atomic E-state index is 14.8. The van der Waals surface area contributed by atoms with Crippen molar-refractivity contribution in [1.29, 1.82) is 0 Å². The van der Waals surface area contributed by atoms with Gasteiger partial charge in [-0.05, 0) is 61.0 Å². The lowest BCUT2D eigenvalue weighted by Gasteiger charge is -2.39. The number of carbonyl (C=O) groups excluding carboxylic acids is 3. The monoisotopic (exact) mass is 743 g/mol. The first-order valence-electron chi connectivity index (χ1n) is 17.5. The third-order valence-electron chi connectivity index (χ3n) is 10.6. The Morgan fingerprint density at radius 2 is 1.85 bits per heavy atom. The van der Waals surface area contributed by atoms with E-state index in [0.717, 1.165) is 11.1 Å². The largest absolute Gasteiger partial charge is 0.441 e. The number of halogens is 1. The molecule has 0 saturated carbocycles. The lowest BCUT2D eigenvalue weighted by molar-refractivity contribution is -0.154. The van der Waals surface area contributed by atoms with Crippen LogP contribution in [-0.4, -0.2) is 69.9 Å². The number of aryl methyl sites for hydroxylation is 1. The third-order valence-corrected chi connectivity index (χ3v) is 13.4. The summed E-state index contributed by atoms with van der Waals surface area (Å²) in [6, 6.07) is 22.3. The van der Waals surface area contributed by atoms with Gasteiger partial charge in [-0.3, -0.25) is 24.0 Å². The summed E-state index contributed by atoms with van der Waals surface area (Å²) in [5.41, 5.74) is 2.71. The van der Waals surface area contributed by atoms with Crippen molar-refractivity contribution in [3.8, 4) is 0 Å². The minimum Gasteiger partial charge on any atom is -0.441 e. The Bertz CT molecular complexity index is 1990. The zero-order valence-electron chi connectivity index (χ0n) is 29.5. The molecule has 2 unspecified atom stereocenters. The van der Waals surface area contributed by atoms with E-state index >= 15 is 0 Å². The van der Waals surface area contributed by atoms with Gasteiger partial charge in [0.2, 0.25) is 5.91 Å². The highest BCUT2D eigenvalue weighted by Crippen LogP contribution is 2.60. The van der Waals surface area contributed by atoms with E-state index in [4.69, 9.17) is 21.1 Å². The number of ether oxygens (including phenoxy) is 2. The quantitative estimate of drug-likeness (QED) is 0.121. The van der Waals surface area contributed by atoms with Crippen LogP contribution in [0.25, 0.3) is 0 Å². The average molecular weight is 744 g/mol. The SMILES string of the molecule is CC(=O)OC1CC(=O)N1c1ccc(CN2C(=O)[C@]3(O[C@H](CCn4cc(C(CO)c5ccccc5)nn4)[C@@H]([Si](C)(C)O)[C@@H]3C)c3cc(Cl)ccc32)cc1. The minimum atomic E-state index is -2.91. The number of rotatable bonds is 11. The second-order valence-electron chi connectivity index (χ2n) is 14.5. The Kier molecular flexibility index (Phi) is 9.59. The maximum Gasteiger partial charge on any atom is 0.304 e. The maximum atomic E-state index is 14.8. The molecule has 4 heterocycles. The number of hydrogen-bond acceptors (Lipinski definition) is 9. The number of benzene rings is 3.